The van der Waals surface area contributed by atoms with Gasteiger partial charge in [-0.3, -0.25) is 9.69 Å². The quantitative estimate of drug-likeness (QED) is 0.584. The molecule has 0 aliphatic carbocycles. The highest BCUT2D eigenvalue weighted by atomic mass is 19.2. The van der Waals surface area contributed by atoms with Crippen molar-refractivity contribution in [2.45, 2.75) is 45.9 Å². The van der Waals surface area contributed by atoms with Crippen molar-refractivity contribution in [3.8, 4) is 0 Å². The summed E-state index contributed by atoms with van der Waals surface area (Å²) in [6.07, 6.45) is -1.94. The van der Waals surface area contributed by atoms with Crippen molar-refractivity contribution in [1.82, 2.24) is 4.90 Å². The topological polar surface area (TPSA) is 93.1 Å². The van der Waals surface area contributed by atoms with E-state index in [4.69, 9.17) is 9.47 Å². The molecule has 1 amide bonds. The zero-order valence-electron chi connectivity index (χ0n) is 15.9. The van der Waals surface area contributed by atoms with Crippen molar-refractivity contribution in [1.29, 1.82) is 0 Å². The van der Waals surface area contributed by atoms with Crippen LogP contribution in [-0.2, 0) is 25.5 Å². The van der Waals surface area contributed by atoms with Crippen LogP contribution in [0.5, 0.6) is 0 Å². The van der Waals surface area contributed by atoms with Gasteiger partial charge in [0.15, 0.2) is 11.6 Å². The van der Waals surface area contributed by atoms with E-state index in [1.165, 1.54) is 19.1 Å². The summed E-state index contributed by atoms with van der Waals surface area (Å²) in [5.41, 5.74) is 0.115. The zero-order valence-corrected chi connectivity index (χ0v) is 15.9. The number of carboxylic acid groups (broad SMARTS) is 1. The minimum Gasteiger partial charge on any atom is -0.480 e. The van der Waals surface area contributed by atoms with Gasteiger partial charge in [-0.05, 0) is 30.4 Å². The maximum absolute atomic E-state index is 13.9. The van der Waals surface area contributed by atoms with Crippen LogP contribution in [0.4, 0.5) is 13.6 Å². The van der Waals surface area contributed by atoms with Gasteiger partial charge in [-0.2, -0.15) is 0 Å². The first kappa shape index (κ1) is 21.6. The lowest BCUT2D eigenvalue weighted by Crippen LogP contribution is -2.43. The van der Waals surface area contributed by atoms with Crippen LogP contribution in [0.2, 0.25) is 0 Å². The van der Waals surface area contributed by atoms with E-state index in [0.29, 0.717) is 0 Å². The fraction of sp³-hybridized carbons (Fsp3) is 0.526. The fourth-order valence-electron chi connectivity index (χ4n) is 3.15. The molecule has 7 nitrogen and oxygen atoms in total. The number of likely N-dealkylation sites (tertiary alicyclic amines) is 1. The van der Waals surface area contributed by atoms with Gasteiger partial charge >= 0.3 is 18.0 Å². The first-order chi connectivity index (χ1) is 13.1. The Morgan fingerprint density at radius 1 is 1.25 bits per heavy atom. The number of nitrogens with zero attached hydrogens (tertiary/aromatic N) is 1. The zero-order chi connectivity index (χ0) is 21.0. The number of benzene rings is 1. The first-order valence-corrected chi connectivity index (χ1v) is 8.90. The number of carboxylic acids is 1. The molecule has 1 aromatic carbocycles. The summed E-state index contributed by atoms with van der Waals surface area (Å²) < 4.78 is 37.4. The van der Waals surface area contributed by atoms with Gasteiger partial charge < -0.3 is 14.6 Å². The number of hydrogen-bond acceptors (Lipinski definition) is 5. The van der Waals surface area contributed by atoms with Crippen LogP contribution in [0, 0.1) is 23.5 Å². The minimum absolute atomic E-state index is 0.00333. The van der Waals surface area contributed by atoms with E-state index in [-0.39, 0.29) is 30.9 Å². The van der Waals surface area contributed by atoms with Crippen LogP contribution < -0.4 is 0 Å². The number of amides is 1. The van der Waals surface area contributed by atoms with Crippen molar-refractivity contribution >= 4 is 18.0 Å². The Labute approximate surface area is 161 Å². The smallest absolute Gasteiger partial charge is 0.413 e. The number of halogens is 2. The number of esters is 1. The Morgan fingerprint density at radius 3 is 2.50 bits per heavy atom. The lowest BCUT2D eigenvalue weighted by Gasteiger charge is -2.26. The molecule has 1 aromatic rings. The maximum atomic E-state index is 13.9. The fourth-order valence-corrected chi connectivity index (χ4v) is 3.15. The number of aliphatic carboxylic acids is 1. The minimum atomic E-state index is -1.23. The van der Waals surface area contributed by atoms with Crippen molar-refractivity contribution in [2.75, 3.05) is 6.54 Å². The first-order valence-electron chi connectivity index (χ1n) is 8.90. The largest absolute Gasteiger partial charge is 0.480 e. The van der Waals surface area contributed by atoms with Crippen LogP contribution in [0.25, 0.3) is 0 Å². The molecule has 0 bridgehead atoms. The molecule has 1 aliphatic heterocycles. The van der Waals surface area contributed by atoms with Crippen molar-refractivity contribution in [3.05, 3.63) is 35.4 Å². The molecule has 28 heavy (non-hydrogen) atoms. The van der Waals surface area contributed by atoms with E-state index < -0.39 is 47.9 Å². The third-order valence-electron chi connectivity index (χ3n) is 4.49. The van der Waals surface area contributed by atoms with E-state index in [9.17, 15) is 28.3 Å². The Balaban J connectivity index is 2.12. The summed E-state index contributed by atoms with van der Waals surface area (Å²) >= 11 is 0. The molecule has 0 radical (unpaired) electrons. The number of hydrogen-bond donors (Lipinski definition) is 1. The average Bonchev–Trinajstić information content (AvgIpc) is 3.02. The highest BCUT2D eigenvalue weighted by Gasteiger charge is 2.41. The standard InChI is InChI=1S/C19H23F2NO6/c1-10(2)18(27-11(3)23)28-19(26)22-9-12(8-15(22)17(24)25)7-13-5-4-6-14(20)16(13)21/h4-6,10,12,15,18H,7-9H2,1-3H3,(H,24,25)/t12-,15-,18+/m0/s1. The van der Waals surface area contributed by atoms with E-state index in [1.54, 1.807) is 13.8 Å². The monoisotopic (exact) mass is 399 g/mol. The number of carbonyl (C=O) groups is 3. The molecule has 1 heterocycles. The third-order valence-corrected chi connectivity index (χ3v) is 4.49. The molecule has 1 aliphatic rings. The Hall–Kier alpha value is -2.71. The maximum Gasteiger partial charge on any atom is 0.413 e. The second-order valence-electron chi connectivity index (χ2n) is 7.13. The lowest BCUT2D eigenvalue weighted by atomic mass is 9.96. The third kappa shape index (κ3) is 5.17. The van der Waals surface area contributed by atoms with E-state index >= 15 is 0 Å². The summed E-state index contributed by atoms with van der Waals surface area (Å²) in [4.78, 5) is 36.2. The molecule has 154 valence electrons. The molecule has 9 heteroatoms. The van der Waals surface area contributed by atoms with Crippen LogP contribution in [0.3, 0.4) is 0 Å². The van der Waals surface area contributed by atoms with Crippen molar-refractivity contribution in [2.24, 2.45) is 11.8 Å². The van der Waals surface area contributed by atoms with Crippen molar-refractivity contribution < 1.29 is 37.7 Å². The highest BCUT2D eigenvalue weighted by molar-refractivity contribution is 5.81. The summed E-state index contributed by atoms with van der Waals surface area (Å²) in [6.45, 7) is 4.52. The van der Waals surface area contributed by atoms with Crippen LogP contribution in [-0.4, -0.2) is 46.9 Å². The molecule has 1 N–H and O–H groups in total. The van der Waals surface area contributed by atoms with Crippen LogP contribution >= 0.6 is 0 Å². The SMILES string of the molecule is CC(=O)O[C@H](OC(=O)N1C[C@@H](Cc2cccc(F)c2F)C[C@H]1C(=O)O)C(C)C. The van der Waals surface area contributed by atoms with Gasteiger partial charge in [0, 0.05) is 19.4 Å². The molecule has 0 spiro atoms. The van der Waals surface area contributed by atoms with Gasteiger partial charge in [0.25, 0.3) is 6.29 Å². The van der Waals surface area contributed by atoms with Crippen LogP contribution in [0.1, 0.15) is 32.8 Å². The number of carbonyl (C=O) groups excluding carboxylic acids is 2. The van der Waals surface area contributed by atoms with E-state index in [1.807, 2.05) is 0 Å². The van der Waals surface area contributed by atoms with E-state index in [2.05, 4.69) is 0 Å². The molecular formula is C19H23F2NO6. The highest BCUT2D eigenvalue weighted by Crippen LogP contribution is 2.29. The molecule has 1 fully saturated rings. The second kappa shape index (κ2) is 8.99. The lowest BCUT2D eigenvalue weighted by molar-refractivity contribution is -0.174. The molecule has 1 saturated heterocycles. The number of rotatable bonds is 6. The average molecular weight is 399 g/mol. The number of ether oxygens (including phenoxy) is 2. The van der Waals surface area contributed by atoms with E-state index in [0.717, 1.165) is 11.0 Å². The summed E-state index contributed by atoms with van der Waals surface area (Å²) in [7, 11) is 0. The van der Waals surface area contributed by atoms with Gasteiger partial charge in [-0.1, -0.05) is 26.0 Å². The predicted octanol–water partition coefficient (Wildman–Crippen LogP) is 2.96. The predicted molar refractivity (Wildman–Crippen MR) is 93.2 cm³/mol. The van der Waals surface area contributed by atoms with Gasteiger partial charge in [0.1, 0.15) is 6.04 Å². The molecule has 0 saturated carbocycles. The Kier molecular flexibility index (Phi) is 6.93. The molecule has 0 aromatic heterocycles. The normalized spacial score (nSPS) is 20.1. The van der Waals surface area contributed by atoms with Gasteiger partial charge in [-0.15, -0.1) is 0 Å². The Bertz CT molecular complexity index is 754. The molecule has 0 unspecified atom stereocenters. The molecule has 2 rings (SSSR count). The van der Waals surface area contributed by atoms with Crippen LogP contribution in [0.15, 0.2) is 18.2 Å². The Morgan fingerprint density at radius 2 is 1.93 bits per heavy atom. The second-order valence-corrected chi connectivity index (χ2v) is 7.13. The van der Waals surface area contributed by atoms with Gasteiger partial charge in [-0.25, -0.2) is 18.4 Å². The summed E-state index contributed by atoms with van der Waals surface area (Å²) in [6, 6.07) is 2.62. The van der Waals surface area contributed by atoms with Crippen molar-refractivity contribution in [3.63, 3.8) is 0 Å². The molecule has 3 atom stereocenters. The van der Waals surface area contributed by atoms with Gasteiger partial charge in [0.05, 0.1) is 0 Å². The van der Waals surface area contributed by atoms with Gasteiger partial charge in [0.2, 0.25) is 0 Å². The summed E-state index contributed by atoms with van der Waals surface area (Å²) in [5, 5.41) is 9.43. The summed E-state index contributed by atoms with van der Waals surface area (Å²) in [5.74, 6) is -4.56. The molecular weight excluding hydrogens is 376 g/mol.